The van der Waals surface area contributed by atoms with Crippen molar-refractivity contribution in [2.45, 2.75) is 12.5 Å². The average Bonchev–Trinajstić information content (AvgIpc) is 3.17. The molecule has 0 aliphatic carbocycles. The molecule has 0 unspecified atom stereocenters. The van der Waals surface area contributed by atoms with Crippen LogP contribution in [-0.4, -0.2) is 52.8 Å². The molecule has 2 aliphatic heterocycles. The Morgan fingerprint density at radius 2 is 2.00 bits per heavy atom. The highest BCUT2D eigenvalue weighted by atomic mass is 16.4. The Morgan fingerprint density at radius 3 is 2.62 bits per heavy atom. The molecule has 1 aromatic heterocycles. The summed E-state index contributed by atoms with van der Waals surface area (Å²) < 4.78 is 0. The Balaban J connectivity index is 0.000000224. The number of fused-ring (bicyclic) bond motifs is 1. The minimum absolute atomic E-state index is 0.558. The molecule has 1 aromatic rings. The molecule has 2 saturated heterocycles. The van der Waals surface area contributed by atoms with Crippen LogP contribution in [0.5, 0.6) is 0 Å². The highest BCUT2D eigenvalue weighted by Gasteiger charge is 2.37. The third kappa shape index (κ3) is 4.54. The van der Waals surface area contributed by atoms with Crippen molar-refractivity contribution in [3.63, 3.8) is 0 Å². The SMILES string of the molecule is N#Cc1cncc(N2CC[C@H]3CNC[C@H]32)c1.O=C(O)C=CC(=O)O. The lowest BCUT2D eigenvalue weighted by molar-refractivity contribution is -0.134. The Kier molecular flexibility index (Phi) is 5.87. The molecule has 2 fully saturated rings. The molecular weight excluding hydrogens is 312 g/mol. The molecule has 2 atom stereocenters. The molecule has 3 N–H and O–H groups in total. The summed E-state index contributed by atoms with van der Waals surface area (Å²) in [5, 5.41) is 27.9. The fourth-order valence-corrected chi connectivity index (χ4v) is 2.96. The van der Waals surface area contributed by atoms with Gasteiger partial charge in [-0.25, -0.2) is 9.59 Å². The van der Waals surface area contributed by atoms with Gasteiger partial charge in [-0.2, -0.15) is 5.26 Å². The first-order valence-corrected chi connectivity index (χ1v) is 7.47. The first-order chi connectivity index (χ1) is 11.5. The van der Waals surface area contributed by atoms with Crippen LogP contribution in [0.2, 0.25) is 0 Å². The molecule has 8 heteroatoms. The van der Waals surface area contributed by atoms with Crippen molar-refractivity contribution in [2.75, 3.05) is 24.5 Å². The molecule has 0 bridgehead atoms. The summed E-state index contributed by atoms with van der Waals surface area (Å²) in [6.07, 6.45) is 5.84. The second-order valence-corrected chi connectivity index (χ2v) is 5.52. The third-order valence-corrected chi connectivity index (χ3v) is 4.00. The summed E-state index contributed by atoms with van der Waals surface area (Å²) in [6.45, 7) is 3.28. The molecule has 3 heterocycles. The van der Waals surface area contributed by atoms with Gasteiger partial charge in [0.25, 0.3) is 0 Å². The van der Waals surface area contributed by atoms with E-state index >= 15 is 0 Å². The summed E-state index contributed by atoms with van der Waals surface area (Å²) in [4.78, 5) is 25.6. The lowest BCUT2D eigenvalue weighted by atomic mass is 10.1. The van der Waals surface area contributed by atoms with Crippen LogP contribution in [-0.2, 0) is 9.59 Å². The Morgan fingerprint density at radius 1 is 1.29 bits per heavy atom. The topological polar surface area (TPSA) is 127 Å². The van der Waals surface area contributed by atoms with E-state index in [2.05, 4.69) is 21.3 Å². The number of carboxylic acid groups (broad SMARTS) is 2. The van der Waals surface area contributed by atoms with E-state index in [0.29, 0.717) is 23.8 Å². The van der Waals surface area contributed by atoms with Gasteiger partial charge in [0.1, 0.15) is 6.07 Å². The summed E-state index contributed by atoms with van der Waals surface area (Å²) in [6, 6.07) is 4.68. The molecule has 0 saturated carbocycles. The zero-order valence-electron chi connectivity index (χ0n) is 12.9. The number of pyridine rings is 1. The van der Waals surface area contributed by atoms with Crippen molar-refractivity contribution in [3.05, 3.63) is 36.2 Å². The molecule has 0 radical (unpaired) electrons. The largest absolute Gasteiger partial charge is 0.478 e. The van der Waals surface area contributed by atoms with Gasteiger partial charge in [-0.1, -0.05) is 0 Å². The molecule has 8 nitrogen and oxygen atoms in total. The highest BCUT2D eigenvalue weighted by Crippen LogP contribution is 2.31. The van der Waals surface area contributed by atoms with E-state index < -0.39 is 11.9 Å². The summed E-state index contributed by atoms with van der Waals surface area (Å²) in [5.41, 5.74) is 1.74. The number of nitrogens with zero attached hydrogens (tertiary/aromatic N) is 3. The number of hydrogen-bond acceptors (Lipinski definition) is 6. The fourth-order valence-electron chi connectivity index (χ4n) is 2.96. The normalized spacial score (nSPS) is 21.7. The fraction of sp³-hybridized carbons (Fsp3) is 0.375. The number of rotatable bonds is 3. The molecule has 0 amide bonds. The van der Waals surface area contributed by atoms with Gasteiger partial charge >= 0.3 is 11.9 Å². The lowest BCUT2D eigenvalue weighted by Crippen LogP contribution is -2.34. The Bertz CT molecular complexity index is 667. The summed E-state index contributed by atoms with van der Waals surface area (Å²) in [7, 11) is 0. The Hall–Kier alpha value is -2.92. The van der Waals surface area contributed by atoms with E-state index in [1.807, 2.05) is 12.3 Å². The van der Waals surface area contributed by atoms with Gasteiger partial charge in [-0.05, 0) is 18.4 Å². The molecule has 0 spiro atoms. The summed E-state index contributed by atoms with van der Waals surface area (Å²) >= 11 is 0. The van der Waals surface area contributed by atoms with Gasteiger partial charge in [-0.15, -0.1) is 0 Å². The predicted octanol–water partition coefficient (Wildman–Crippen LogP) is 0.463. The second-order valence-electron chi connectivity index (χ2n) is 5.52. The van der Waals surface area contributed by atoms with Gasteiger partial charge in [0.15, 0.2) is 0 Å². The number of nitrogens with one attached hydrogen (secondary N) is 1. The third-order valence-electron chi connectivity index (χ3n) is 4.00. The number of hydrogen-bond donors (Lipinski definition) is 3. The van der Waals surface area contributed by atoms with Crippen molar-refractivity contribution in [1.82, 2.24) is 10.3 Å². The minimum Gasteiger partial charge on any atom is -0.478 e. The quantitative estimate of drug-likeness (QED) is 0.682. The van der Waals surface area contributed by atoms with Crippen molar-refractivity contribution in [2.24, 2.45) is 5.92 Å². The van der Waals surface area contributed by atoms with Crippen LogP contribution in [0.1, 0.15) is 12.0 Å². The average molecular weight is 330 g/mol. The molecule has 24 heavy (non-hydrogen) atoms. The van der Waals surface area contributed by atoms with E-state index in [0.717, 1.165) is 31.2 Å². The van der Waals surface area contributed by atoms with Crippen LogP contribution in [0.3, 0.4) is 0 Å². The zero-order chi connectivity index (χ0) is 17.5. The molecule has 126 valence electrons. The first kappa shape index (κ1) is 17.4. The van der Waals surface area contributed by atoms with Gasteiger partial charge in [0.2, 0.25) is 0 Å². The number of carbonyl (C=O) groups is 2. The molecule has 0 aromatic carbocycles. The second kappa shape index (κ2) is 8.08. The molecule has 3 rings (SSSR count). The standard InChI is InChI=1S/C12H14N4.C4H4O4/c13-4-9-3-11(7-14-5-9)16-2-1-10-6-15-8-12(10)16;5-3(6)1-2-4(7)8/h3,5,7,10,12,15H,1-2,6,8H2;1-2H,(H,5,6)(H,7,8)/t10-,12+;/m0./s1. The smallest absolute Gasteiger partial charge is 0.328 e. The van der Waals surface area contributed by atoms with Gasteiger partial charge in [0, 0.05) is 44.0 Å². The van der Waals surface area contributed by atoms with Crippen LogP contribution in [0.25, 0.3) is 0 Å². The lowest BCUT2D eigenvalue weighted by Gasteiger charge is -2.25. The molecule has 2 aliphatic rings. The number of anilines is 1. The van der Waals surface area contributed by atoms with E-state index in [9.17, 15) is 9.59 Å². The van der Waals surface area contributed by atoms with Gasteiger partial charge in [0.05, 0.1) is 17.4 Å². The van der Waals surface area contributed by atoms with E-state index in [1.165, 1.54) is 6.42 Å². The number of aromatic nitrogens is 1. The van der Waals surface area contributed by atoms with Crippen LogP contribution >= 0.6 is 0 Å². The van der Waals surface area contributed by atoms with Crippen molar-refractivity contribution in [3.8, 4) is 6.07 Å². The number of aliphatic carboxylic acids is 2. The number of nitriles is 1. The zero-order valence-corrected chi connectivity index (χ0v) is 12.9. The van der Waals surface area contributed by atoms with Crippen LogP contribution in [0.4, 0.5) is 5.69 Å². The minimum atomic E-state index is -1.26. The monoisotopic (exact) mass is 330 g/mol. The Labute approximate surface area is 139 Å². The number of carboxylic acids is 2. The van der Waals surface area contributed by atoms with Gasteiger partial charge < -0.3 is 20.4 Å². The van der Waals surface area contributed by atoms with E-state index in [4.69, 9.17) is 15.5 Å². The van der Waals surface area contributed by atoms with E-state index in [-0.39, 0.29) is 0 Å². The van der Waals surface area contributed by atoms with Crippen molar-refractivity contribution >= 4 is 17.6 Å². The maximum absolute atomic E-state index is 9.55. The van der Waals surface area contributed by atoms with Crippen LogP contribution in [0.15, 0.2) is 30.6 Å². The van der Waals surface area contributed by atoms with Crippen LogP contribution < -0.4 is 10.2 Å². The predicted molar refractivity (Wildman–Crippen MR) is 85.5 cm³/mol. The maximum atomic E-state index is 9.55. The highest BCUT2D eigenvalue weighted by molar-refractivity contribution is 5.89. The molecular formula is C16H18N4O4. The summed E-state index contributed by atoms with van der Waals surface area (Å²) in [5.74, 6) is -1.74. The van der Waals surface area contributed by atoms with E-state index in [1.54, 1.807) is 6.20 Å². The van der Waals surface area contributed by atoms with Gasteiger partial charge in [-0.3, -0.25) is 4.98 Å². The maximum Gasteiger partial charge on any atom is 0.328 e. The van der Waals surface area contributed by atoms with Crippen molar-refractivity contribution in [1.29, 1.82) is 5.26 Å². The van der Waals surface area contributed by atoms with Crippen molar-refractivity contribution < 1.29 is 19.8 Å². The first-order valence-electron chi connectivity index (χ1n) is 7.47. The van der Waals surface area contributed by atoms with Crippen LogP contribution in [0, 0.1) is 17.2 Å².